The molecule has 4 heterocycles. The molecule has 2 aliphatic rings. The van der Waals surface area contributed by atoms with Gasteiger partial charge >= 0.3 is 6.09 Å². The van der Waals surface area contributed by atoms with Gasteiger partial charge in [0, 0.05) is 17.7 Å². The Morgan fingerprint density at radius 3 is 2.17 bits per heavy atom. The standard InChI is InChI=1S/C39H43N7O4.3ClH/c1-24(2)35(45-39(48)49-3)38(47)46-20-8-12-33(46)37-42-23-32(44-37)27-17-18-29(34(21-27)50-28-9-5-4-6-10-28)25-13-15-26(16-14-25)31-22-41-36(43-31)30-11-7-19-40-30;;;/h4-6,9-10,13-18,21-24,30,33,35,40H,7-8,11-12,19-20H2,1-3H3,(H,41,43)(H,42,44)(H,45,48);3*1H/t30?,33?,35-;;;/m0.../s1. The van der Waals surface area contributed by atoms with Crippen LogP contribution in [0.5, 0.6) is 11.5 Å². The Kier molecular flexibility index (Phi) is 14.4. The Hall–Kier alpha value is -4.55. The molecule has 2 aromatic heterocycles. The Labute approximate surface area is 328 Å². The largest absolute Gasteiger partial charge is 0.457 e. The molecule has 0 spiro atoms. The average Bonchev–Trinajstić information content (AvgIpc) is 3.98. The lowest BCUT2D eigenvalue weighted by atomic mass is 10.00. The van der Waals surface area contributed by atoms with Gasteiger partial charge in [0.2, 0.25) is 5.91 Å². The van der Waals surface area contributed by atoms with E-state index in [9.17, 15) is 9.59 Å². The lowest BCUT2D eigenvalue weighted by molar-refractivity contribution is -0.135. The number of aromatic amines is 2. The highest BCUT2D eigenvalue weighted by molar-refractivity contribution is 5.87. The first-order valence-electron chi connectivity index (χ1n) is 17.3. The van der Waals surface area contributed by atoms with Crippen molar-refractivity contribution in [2.24, 2.45) is 5.92 Å². The Bertz CT molecular complexity index is 1950. The maximum Gasteiger partial charge on any atom is 0.407 e. The molecule has 0 bridgehead atoms. The van der Waals surface area contributed by atoms with Crippen molar-refractivity contribution >= 4 is 49.2 Å². The summed E-state index contributed by atoms with van der Waals surface area (Å²) in [6.07, 6.45) is 6.97. The third-order valence-electron chi connectivity index (χ3n) is 9.59. The van der Waals surface area contributed by atoms with Gasteiger partial charge < -0.3 is 35.0 Å². The molecular weight excluding hydrogens is 737 g/mol. The van der Waals surface area contributed by atoms with E-state index < -0.39 is 12.1 Å². The van der Waals surface area contributed by atoms with E-state index in [1.807, 2.05) is 61.3 Å². The topological polar surface area (TPSA) is 137 Å². The summed E-state index contributed by atoms with van der Waals surface area (Å²) >= 11 is 0. The van der Waals surface area contributed by atoms with E-state index in [1.54, 1.807) is 6.20 Å². The van der Waals surface area contributed by atoms with Crippen LogP contribution in [0.4, 0.5) is 4.79 Å². The van der Waals surface area contributed by atoms with Crippen LogP contribution >= 0.6 is 37.2 Å². The van der Waals surface area contributed by atoms with E-state index in [1.165, 1.54) is 13.5 Å². The average molecular weight is 783 g/mol. The molecule has 2 unspecified atom stereocenters. The van der Waals surface area contributed by atoms with E-state index in [4.69, 9.17) is 14.5 Å². The van der Waals surface area contributed by atoms with E-state index >= 15 is 0 Å². The van der Waals surface area contributed by atoms with Crippen molar-refractivity contribution in [2.75, 3.05) is 20.2 Å². The molecule has 2 amide bonds. The number of imidazole rings is 2. The van der Waals surface area contributed by atoms with Crippen LogP contribution in [0.2, 0.25) is 0 Å². The number of halogens is 3. The van der Waals surface area contributed by atoms with Crippen LogP contribution in [0.15, 0.2) is 85.2 Å². The summed E-state index contributed by atoms with van der Waals surface area (Å²) in [6.45, 7) is 5.43. The zero-order valence-electron chi connectivity index (χ0n) is 29.8. The van der Waals surface area contributed by atoms with Crippen molar-refractivity contribution < 1.29 is 19.1 Å². The van der Waals surface area contributed by atoms with E-state index in [0.717, 1.165) is 71.0 Å². The van der Waals surface area contributed by atoms with E-state index in [2.05, 4.69) is 62.0 Å². The molecule has 282 valence electrons. The quantitative estimate of drug-likeness (QED) is 0.111. The van der Waals surface area contributed by atoms with Crippen LogP contribution in [-0.2, 0) is 9.53 Å². The number of benzene rings is 3. The molecule has 11 nitrogen and oxygen atoms in total. The molecule has 14 heteroatoms. The number of nitrogens with zero attached hydrogens (tertiary/aromatic N) is 3. The lowest BCUT2D eigenvalue weighted by Gasteiger charge is -2.30. The van der Waals surface area contributed by atoms with Crippen molar-refractivity contribution in [3.63, 3.8) is 0 Å². The number of hydrogen-bond donors (Lipinski definition) is 4. The van der Waals surface area contributed by atoms with Gasteiger partial charge in [-0.2, -0.15) is 0 Å². The van der Waals surface area contributed by atoms with Gasteiger partial charge in [-0.15, -0.1) is 37.2 Å². The van der Waals surface area contributed by atoms with Gasteiger partial charge in [-0.05, 0) is 73.5 Å². The molecule has 0 radical (unpaired) electrons. The van der Waals surface area contributed by atoms with Gasteiger partial charge in [-0.1, -0.05) is 62.4 Å². The third kappa shape index (κ3) is 9.16. The fourth-order valence-corrected chi connectivity index (χ4v) is 6.88. The predicted molar refractivity (Wildman–Crippen MR) is 213 cm³/mol. The summed E-state index contributed by atoms with van der Waals surface area (Å²) in [7, 11) is 1.30. The van der Waals surface area contributed by atoms with Crippen molar-refractivity contribution in [1.82, 2.24) is 35.5 Å². The number of alkyl carbamates (subject to hydrolysis) is 1. The van der Waals surface area contributed by atoms with Gasteiger partial charge in [0.25, 0.3) is 0 Å². The van der Waals surface area contributed by atoms with Gasteiger partial charge in [0.1, 0.15) is 29.2 Å². The van der Waals surface area contributed by atoms with Crippen molar-refractivity contribution in [3.8, 4) is 45.1 Å². The molecule has 53 heavy (non-hydrogen) atoms. The highest BCUT2D eigenvalue weighted by atomic mass is 35.5. The first-order chi connectivity index (χ1) is 24.4. The number of methoxy groups -OCH3 is 1. The van der Waals surface area contributed by atoms with Crippen LogP contribution in [0, 0.1) is 5.92 Å². The lowest BCUT2D eigenvalue weighted by Crippen LogP contribution is -2.51. The fourth-order valence-electron chi connectivity index (χ4n) is 6.88. The second kappa shape index (κ2) is 18.5. The third-order valence-corrected chi connectivity index (χ3v) is 9.59. The monoisotopic (exact) mass is 781 g/mol. The van der Waals surface area contributed by atoms with Gasteiger partial charge in [0.15, 0.2) is 0 Å². The molecule has 4 N–H and O–H groups in total. The second-order valence-electron chi connectivity index (χ2n) is 13.3. The van der Waals surface area contributed by atoms with Crippen LogP contribution in [0.3, 0.4) is 0 Å². The fraction of sp³-hybridized carbons (Fsp3) is 0.333. The van der Waals surface area contributed by atoms with E-state index in [-0.39, 0.29) is 61.1 Å². The number of carbonyl (C=O) groups excluding carboxylic acids is 2. The maximum atomic E-state index is 13.6. The first-order valence-corrected chi connectivity index (χ1v) is 17.3. The number of nitrogens with one attached hydrogen (secondary N) is 4. The highest BCUT2D eigenvalue weighted by Crippen LogP contribution is 2.39. The van der Waals surface area contributed by atoms with Crippen LogP contribution < -0.4 is 15.4 Å². The molecule has 0 saturated carbocycles. The minimum atomic E-state index is -0.692. The summed E-state index contributed by atoms with van der Waals surface area (Å²) in [5, 5.41) is 6.21. The van der Waals surface area contributed by atoms with Crippen molar-refractivity contribution in [1.29, 1.82) is 0 Å². The van der Waals surface area contributed by atoms with Crippen LogP contribution in [-0.4, -0.2) is 63.1 Å². The zero-order valence-corrected chi connectivity index (χ0v) is 32.3. The number of rotatable bonds is 10. The number of para-hydroxylation sites is 1. The number of H-pyrrole nitrogens is 2. The smallest absolute Gasteiger partial charge is 0.407 e. The summed E-state index contributed by atoms with van der Waals surface area (Å²) in [5.74, 6) is 2.89. The molecule has 7 rings (SSSR count). The summed E-state index contributed by atoms with van der Waals surface area (Å²) in [5.41, 5.74) is 5.76. The highest BCUT2D eigenvalue weighted by Gasteiger charge is 2.37. The molecular formula is C39H46Cl3N7O4. The Morgan fingerprint density at radius 1 is 0.830 bits per heavy atom. The van der Waals surface area contributed by atoms with Gasteiger partial charge in [-0.25, -0.2) is 14.8 Å². The predicted octanol–water partition coefficient (Wildman–Crippen LogP) is 8.66. The summed E-state index contributed by atoms with van der Waals surface area (Å²) in [6, 6.07) is 23.7. The molecule has 2 saturated heterocycles. The van der Waals surface area contributed by atoms with Crippen LogP contribution in [0.1, 0.15) is 63.3 Å². The van der Waals surface area contributed by atoms with Crippen LogP contribution in [0.25, 0.3) is 33.6 Å². The number of ether oxygens (including phenoxy) is 2. The second-order valence-corrected chi connectivity index (χ2v) is 13.3. The SMILES string of the molecule is COC(=O)N[C@H](C(=O)N1CCCC1c1ncc(-c2ccc(-c3ccc(-c4cnc(C5CCCN5)[nH]4)cc3)c(Oc3ccccc3)c2)[nH]1)C(C)C.Cl.Cl.Cl. The first kappa shape index (κ1) is 41.2. The molecule has 3 atom stereocenters. The summed E-state index contributed by atoms with van der Waals surface area (Å²) < 4.78 is 11.3. The Morgan fingerprint density at radius 2 is 1.49 bits per heavy atom. The number of aromatic nitrogens is 4. The molecule has 2 fully saturated rings. The number of amides is 2. The van der Waals surface area contributed by atoms with Crippen molar-refractivity contribution in [2.45, 2.75) is 57.7 Å². The normalized spacial score (nSPS) is 16.9. The van der Waals surface area contributed by atoms with Gasteiger partial charge in [-0.3, -0.25) is 4.79 Å². The maximum absolute atomic E-state index is 13.6. The van der Waals surface area contributed by atoms with E-state index in [0.29, 0.717) is 18.1 Å². The summed E-state index contributed by atoms with van der Waals surface area (Å²) in [4.78, 5) is 43.8. The van der Waals surface area contributed by atoms with Crippen molar-refractivity contribution in [3.05, 3.63) is 96.8 Å². The number of hydrogen-bond acceptors (Lipinski definition) is 7. The minimum Gasteiger partial charge on any atom is -0.457 e. The molecule has 5 aromatic rings. The molecule has 3 aromatic carbocycles. The molecule has 0 aliphatic carbocycles. The minimum absolute atomic E-state index is 0. The van der Waals surface area contributed by atoms with Gasteiger partial charge in [0.05, 0.1) is 43.0 Å². The molecule has 2 aliphatic heterocycles. The zero-order chi connectivity index (χ0) is 34.6. The number of carbonyl (C=O) groups is 2. The Balaban J connectivity index is 0.00000209. The number of likely N-dealkylation sites (tertiary alicyclic amines) is 1.